The van der Waals surface area contributed by atoms with E-state index in [0.29, 0.717) is 5.92 Å². The number of rotatable bonds is 8. The fourth-order valence-corrected chi connectivity index (χ4v) is 3.86. The van der Waals surface area contributed by atoms with Crippen molar-refractivity contribution in [3.63, 3.8) is 0 Å². The molecule has 6 nitrogen and oxygen atoms in total. The number of nitrogens with zero attached hydrogens (tertiary/aromatic N) is 3. The maximum absolute atomic E-state index is 5.78. The smallest absolute Gasteiger partial charge is 0.193 e. The zero-order chi connectivity index (χ0) is 19.6. The highest BCUT2D eigenvalue weighted by atomic mass is 16.5. The normalized spacial score (nSPS) is 21.3. The number of hydrogen-bond acceptors (Lipinski definition) is 4. The lowest BCUT2D eigenvalue weighted by Crippen LogP contribution is -2.52. The Morgan fingerprint density at radius 1 is 1.29 bits per heavy atom. The molecular formula is C22H36N4O2. The predicted molar refractivity (Wildman–Crippen MR) is 114 cm³/mol. The molecule has 0 amide bonds. The summed E-state index contributed by atoms with van der Waals surface area (Å²) < 4.78 is 11.2. The van der Waals surface area contributed by atoms with Gasteiger partial charge in [0.15, 0.2) is 5.96 Å². The van der Waals surface area contributed by atoms with Crippen LogP contribution in [0.3, 0.4) is 0 Å². The van der Waals surface area contributed by atoms with Gasteiger partial charge in [0.25, 0.3) is 0 Å². The molecule has 2 aliphatic rings. The second-order valence-corrected chi connectivity index (χ2v) is 7.88. The molecule has 1 aromatic rings. The van der Waals surface area contributed by atoms with Crippen LogP contribution < -0.4 is 5.32 Å². The molecule has 0 bridgehead atoms. The topological polar surface area (TPSA) is 49.3 Å². The molecule has 0 aromatic heterocycles. The monoisotopic (exact) mass is 388 g/mol. The maximum Gasteiger partial charge on any atom is 0.193 e. The van der Waals surface area contributed by atoms with Gasteiger partial charge in [0.1, 0.15) is 0 Å². The number of aliphatic imine (C=N–C) groups is 1. The lowest BCUT2D eigenvalue weighted by atomic mass is 10.1. The number of hydrogen-bond donors (Lipinski definition) is 1. The van der Waals surface area contributed by atoms with E-state index in [2.05, 4.69) is 51.3 Å². The van der Waals surface area contributed by atoms with Crippen molar-refractivity contribution in [2.24, 2.45) is 10.9 Å². The molecule has 2 fully saturated rings. The van der Waals surface area contributed by atoms with Crippen molar-refractivity contribution in [1.82, 2.24) is 15.1 Å². The summed E-state index contributed by atoms with van der Waals surface area (Å²) in [7, 11) is 1.87. The lowest BCUT2D eigenvalue weighted by Gasteiger charge is -2.36. The molecule has 156 valence electrons. The number of nitrogens with one attached hydrogen (secondary N) is 1. The predicted octanol–water partition coefficient (Wildman–Crippen LogP) is 2.13. The van der Waals surface area contributed by atoms with E-state index in [1.807, 2.05) is 7.05 Å². The quantitative estimate of drug-likeness (QED) is 0.420. The summed E-state index contributed by atoms with van der Waals surface area (Å²) in [5.41, 5.74) is 2.74. The van der Waals surface area contributed by atoms with E-state index in [1.54, 1.807) is 0 Å². The first-order valence-electron chi connectivity index (χ1n) is 10.6. The fraction of sp³-hybridized carbons (Fsp3) is 0.682. The van der Waals surface area contributed by atoms with Gasteiger partial charge >= 0.3 is 0 Å². The van der Waals surface area contributed by atoms with Crippen molar-refractivity contribution in [2.45, 2.75) is 26.3 Å². The summed E-state index contributed by atoms with van der Waals surface area (Å²) in [6, 6.07) is 8.82. The minimum atomic E-state index is 0.594. The Morgan fingerprint density at radius 2 is 2.14 bits per heavy atom. The molecule has 0 saturated carbocycles. The summed E-state index contributed by atoms with van der Waals surface area (Å²) in [6.07, 6.45) is 2.14. The van der Waals surface area contributed by atoms with Crippen LogP contribution in [0.5, 0.6) is 0 Å². The van der Waals surface area contributed by atoms with Crippen LogP contribution in [-0.2, 0) is 16.0 Å². The van der Waals surface area contributed by atoms with Crippen molar-refractivity contribution in [3.8, 4) is 0 Å². The van der Waals surface area contributed by atoms with Crippen LogP contribution >= 0.6 is 0 Å². The van der Waals surface area contributed by atoms with E-state index in [9.17, 15) is 0 Å². The molecule has 3 rings (SSSR count). The standard InChI is InChI=1S/C22H36N4O2/c1-19-5-3-6-20(15-19)16-25-9-11-26(12-10-25)22(23-2)24-8-4-13-27-17-21-7-14-28-18-21/h3,5-6,15,21H,4,7-14,16-18H2,1-2H3,(H,23,24). The molecule has 6 heteroatoms. The van der Waals surface area contributed by atoms with Crippen LogP contribution in [-0.4, -0.2) is 82.0 Å². The highest BCUT2D eigenvalue weighted by Crippen LogP contribution is 2.12. The van der Waals surface area contributed by atoms with E-state index in [-0.39, 0.29) is 0 Å². The number of aryl methyl sites for hydroxylation is 1. The van der Waals surface area contributed by atoms with Gasteiger partial charge < -0.3 is 19.7 Å². The van der Waals surface area contributed by atoms with E-state index < -0.39 is 0 Å². The molecule has 28 heavy (non-hydrogen) atoms. The third-order valence-electron chi connectivity index (χ3n) is 5.50. The van der Waals surface area contributed by atoms with Crippen molar-refractivity contribution < 1.29 is 9.47 Å². The molecule has 1 atom stereocenters. The van der Waals surface area contributed by atoms with E-state index in [4.69, 9.17) is 9.47 Å². The number of piperazine rings is 1. The molecule has 2 heterocycles. The molecule has 0 spiro atoms. The van der Waals surface area contributed by atoms with E-state index >= 15 is 0 Å². The Balaban J connectivity index is 1.30. The van der Waals surface area contributed by atoms with Crippen molar-refractivity contribution in [1.29, 1.82) is 0 Å². The maximum atomic E-state index is 5.78. The highest BCUT2D eigenvalue weighted by molar-refractivity contribution is 5.79. The van der Waals surface area contributed by atoms with Crippen molar-refractivity contribution in [3.05, 3.63) is 35.4 Å². The van der Waals surface area contributed by atoms with Crippen molar-refractivity contribution in [2.75, 3.05) is 66.2 Å². The average Bonchev–Trinajstić information content (AvgIpc) is 3.22. The van der Waals surface area contributed by atoms with Crippen LogP contribution in [0.4, 0.5) is 0 Å². The molecule has 1 N–H and O–H groups in total. The number of guanidine groups is 1. The summed E-state index contributed by atoms with van der Waals surface area (Å²) in [4.78, 5) is 9.36. The van der Waals surface area contributed by atoms with Gasteiger partial charge in [0, 0.05) is 65.4 Å². The molecule has 1 aromatic carbocycles. The second-order valence-electron chi connectivity index (χ2n) is 7.88. The largest absolute Gasteiger partial charge is 0.381 e. The average molecular weight is 389 g/mol. The first kappa shape index (κ1) is 21.1. The van der Waals surface area contributed by atoms with Gasteiger partial charge in [-0.1, -0.05) is 29.8 Å². The van der Waals surface area contributed by atoms with Gasteiger partial charge in [0.2, 0.25) is 0 Å². The summed E-state index contributed by atoms with van der Waals surface area (Å²) in [5, 5.41) is 3.49. The van der Waals surface area contributed by atoms with Crippen LogP contribution in [0.15, 0.2) is 29.3 Å². The molecule has 0 radical (unpaired) electrons. The first-order chi connectivity index (χ1) is 13.7. The Labute approximate surface area is 169 Å². The summed E-state index contributed by atoms with van der Waals surface area (Å²) in [6.45, 7) is 11.6. The van der Waals surface area contributed by atoms with Gasteiger partial charge in [0.05, 0.1) is 13.2 Å². The Hall–Kier alpha value is -1.63. The minimum Gasteiger partial charge on any atom is -0.381 e. The zero-order valence-corrected chi connectivity index (χ0v) is 17.5. The van der Waals surface area contributed by atoms with Gasteiger partial charge in [-0.05, 0) is 25.3 Å². The molecule has 1 unspecified atom stereocenters. The van der Waals surface area contributed by atoms with Gasteiger partial charge in [-0.3, -0.25) is 9.89 Å². The molecule has 2 saturated heterocycles. The number of benzene rings is 1. The molecule has 0 aliphatic carbocycles. The fourth-order valence-electron chi connectivity index (χ4n) is 3.86. The van der Waals surface area contributed by atoms with E-state index in [1.165, 1.54) is 11.1 Å². The Kier molecular flexibility index (Phi) is 8.58. The SMILES string of the molecule is CN=C(NCCCOCC1CCOC1)N1CCN(Cc2cccc(C)c2)CC1. The zero-order valence-electron chi connectivity index (χ0n) is 17.5. The summed E-state index contributed by atoms with van der Waals surface area (Å²) >= 11 is 0. The minimum absolute atomic E-state index is 0.594. The highest BCUT2D eigenvalue weighted by Gasteiger charge is 2.19. The van der Waals surface area contributed by atoms with Crippen LogP contribution in [0, 0.1) is 12.8 Å². The lowest BCUT2D eigenvalue weighted by molar-refractivity contribution is 0.0886. The number of ether oxygens (including phenoxy) is 2. The van der Waals surface area contributed by atoms with Gasteiger partial charge in [-0.2, -0.15) is 0 Å². The van der Waals surface area contributed by atoms with Crippen LogP contribution in [0.1, 0.15) is 24.0 Å². The van der Waals surface area contributed by atoms with Crippen LogP contribution in [0.2, 0.25) is 0 Å². The Morgan fingerprint density at radius 3 is 2.86 bits per heavy atom. The third kappa shape index (κ3) is 6.76. The van der Waals surface area contributed by atoms with Gasteiger partial charge in [-0.25, -0.2) is 0 Å². The Bertz CT molecular complexity index is 608. The van der Waals surface area contributed by atoms with Crippen LogP contribution in [0.25, 0.3) is 0 Å². The van der Waals surface area contributed by atoms with Crippen molar-refractivity contribution >= 4 is 5.96 Å². The molecular weight excluding hydrogens is 352 g/mol. The third-order valence-corrected chi connectivity index (χ3v) is 5.50. The summed E-state index contributed by atoms with van der Waals surface area (Å²) in [5.74, 6) is 1.61. The second kappa shape index (κ2) is 11.4. The first-order valence-corrected chi connectivity index (χ1v) is 10.6. The van der Waals surface area contributed by atoms with E-state index in [0.717, 1.165) is 84.5 Å². The van der Waals surface area contributed by atoms with Gasteiger partial charge in [-0.15, -0.1) is 0 Å². The molecule has 2 aliphatic heterocycles.